The van der Waals surface area contributed by atoms with E-state index < -0.39 is 18.0 Å². The minimum absolute atomic E-state index is 0.243. The molecule has 0 aliphatic heterocycles. The molecule has 0 aliphatic rings. The summed E-state index contributed by atoms with van der Waals surface area (Å²) in [6.07, 6.45) is 0.616. The molecule has 0 saturated carbocycles. The fourth-order valence-corrected chi connectivity index (χ4v) is 1.96. The van der Waals surface area contributed by atoms with Crippen molar-refractivity contribution in [2.45, 2.75) is 33.4 Å². The van der Waals surface area contributed by atoms with Crippen LogP contribution in [0.4, 0.5) is 0 Å². The topological polar surface area (TPSA) is 77.8 Å². The number of rotatable bonds is 7. The van der Waals surface area contributed by atoms with E-state index in [0.717, 1.165) is 11.1 Å². The zero-order chi connectivity index (χ0) is 17.5. The molecule has 0 saturated heterocycles. The van der Waals surface area contributed by atoms with Crippen LogP contribution >= 0.6 is 0 Å². The maximum atomic E-state index is 11.9. The largest absolute Gasteiger partial charge is 0.482 e. The second kappa shape index (κ2) is 8.19. The highest BCUT2D eigenvalue weighted by Gasteiger charge is 2.18. The molecule has 24 heavy (non-hydrogen) atoms. The molecule has 6 heteroatoms. The molecule has 1 N–H and O–H groups in total. The summed E-state index contributed by atoms with van der Waals surface area (Å²) >= 11 is 0. The molecule has 0 spiro atoms. The summed E-state index contributed by atoms with van der Waals surface area (Å²) in [5.74, 6) is 0.213. The number of furan rings is 1. The number of esters is 1. The van der Waals surface area contributed by atoms with Gasteiger partial charge in [0.25, 0.3) is 5.91 Å². The molecule has 0 unspecified atom stereocenters. The zero-order valence-corrected chi connectivity index (χ0v) is 14.0. The molecule has 1 heterocycles. The number of ether oxygens (including phenoxy) is 2. The Kier molecular flexibility index (Phi) is 6.01. The van der Waals surface area contributed by atoms with Gasteiger partial charge in [0.05, 0.1) is 12.8 Å². The molecule has 1 aromatic heterocycles. The number of hydrogen-bond acceptors (Lipinski definition) is 5. The lowest BCUT2D eigenvalue weighted by Gasteiger charge is -2.13. The monoisotopic (exact) mass is 331 g/mol. The van der Waals surface area contributed by atoms with Gasteiger partial charge in [0, 0.05) is 0 Å². The summed E-state index contributed by atoms with van der Waals surface area (Å²) < 4.78 is 15.5. The lowest BCUT2D eigenvalue weighted by atomic mass is 10.1. The summed E-state index contributed by atoms with van der Waals surface area (Å²) in [5.41, 5.74) is 2.22. The van der Waals surface area contributed by atoms with Crippen molar-refractivity contribution in [1.82, 2.24) is 5.32 Å². The average molecular weight is 331 g/mol. The Balaban J connectivity index is 1.74. The highest BCUT2D eigenvalue weighted by molar-refractivity contribution is 5.83. The van der Waals surface area contributed by atoms with Gasteiger partial charge in [-0.05, 0) is 56.2 Å². The van der Waals surface area contributed by atoms with Crippen LogP contribution in [0.3, 0.4) is 0 Å². The van der Waals surface area contributed by atoms with E-state index in [1.54, 1.807) is 18.2 Å². The number of amides is 1. The molecular weight excluding hydrogens is 310 g/mol. The van der Waals surface area contributed by atoms with Crippen LogP contribution in [0.2, 0.25) is 0 Å². The quantitative estimate of drug-likeness (QED) is 0.789. The van der Waals surface area contributed by atoms with Gasteiger partial charge in [0.2, 0.25) is 0 Å². The predicted octanol–water partition coefficient (Wildman–Crippen LogP) is 2.52. The predicted molar refractivity (Wildman–Crippen MR) is 87.5 cm³/mol. The van der Waals surface area contributed by atoms with Crippen LogP contribution < -0.4 is 10.1 Å². The van der Waals surface area contributed by atoms with Crippen molar-refractivity contribution < 1.29 is 23.5 Å². The molecule has 0 radical (unpaired) electrons. The third kappa shape index (κ3) is 5.15. The second-order valence-electron chi connectivity index (χ2n) is 5.46. The molecule has 1 atom stereocenters. The van der Waals surface area contributed by atoms with Crippen LogP contribution in [-0.2, 0) is 20.9 Å². The minimum atomic E-state index is -0.907. The van der Waals surface area contributed by atoms with E-state index in [0.29, 0.717) is 11.5 Å². The van der Waals surface area contributed by atoms with Gasteiger partial charge in [-0.25, -0.2) is 4.79 Å². The van der Waals surface area contributed by atoms with Gasteiger partial charge in [0.15, 0.2) is 12.7 Å². The number of nitrogens with one attached hydrogen (secondary N) is 1. The maximum absolute atomic E-state index is 11.9. The van der Waals surface area contributed by atoms with E-state index in [-0.39, 0.29) is 13.2 Å². The normalized spacial score (nSPS) is 11.6. The summed E-state index contributed by atoms with van der Waals surface area (Å²) in [6, 6.07) is 9.03. The Labute approximate surface area is 140 Å². The molecule has 6 nitrogen and oxygen atoms in total. The van der Waals surface area contributed by atoms with Crippen molar-refractivity contribution in [3.8, 4) is 5.75 Å². The summed E-state index contributed by atoms with van der Waals surface area (Å²) in [5, 5.41) is 2.63. The second-order valence-corrected chi connectivity index (χ2v) is 5.46. The molecule has 1 aromatic carbocycles. The Bertz CT molecular complexity index is 693. The molecule has 0 fully saturated rings. The van der Waals surface area contributed by atoms with Crippen LogP contribution in [0.5, 0.6) is 5.75 Å². The summed E-state index contributed by atoms with van der Waals surface area (Å²) in [7, 11) is 0. The first-order chi connectivity index (χ1) is 11.5. The maximum Gasteiger partial charge on any atom is 0.344 e. The smallest absolute Gasteiger partial charge is 0.344 e. The van der Waals surface area contributed by atoms with E-state index in [1.807, 2.05) is 26.0 Å². The Morgan fingerprint density at radius 3 is 2.67 bits per heavy atom. The van der Waals surface area contributed by atoms with Gasteiger partial charge in [-0.3, -0.25) is 4.79 Å². The molecule has 2 aromatic rings. The number of aryl methyl sites for hydroxylation is 2. The first-order valence-corrected chi connectivity index (χ1v) is 7.65. The SMILES string of the molecule is Cc1ccc(OCC(=O)O[C@H](C)C(=O)NCc2ccco2)cc1C. The highest BCUT2D eigenvalue weighted by Crippen LogP contribution is 2.16. The van der Waals surface area contributed by atoms with Crippen molar-refractivity contribution >= 4 is 11.9 Å². The van der Waals surface area contributed by atoms with Gasteiger partial charge in [0.1, 0.15) is 11.5 Å². The van der Waals surface area contributed by atoms with Crippen LogP contribution in [0.1, 0.15) is 23.8 Å². The fourth-order valence-electron chi connectivity index (χ4n) is 1.96. The Hall–Kier alpha value is -2.76. The van der Waals surface area contributed by atoms with E-state index >= 15 is 0 Å². The van der Waals surface area contributed by atoms with Crippen LogP contribution in [0.25, 0.3) is 0 Å². The standard InChI is InChI=1S/C18H21NO5/c1-12-6-7-15(9-13(12)2)23-11-17(20)24-14(3)18(21)19-10-16-5-4-8-22-16/h4-9,14H,10-11H2,1-3H3,(H,19,21)/t14-/m1/s1. The van der Waals surface area contributed by atoms with Crippen molar-refractivity contribution in [2.24, 2.45) is 0 Å². The highest BCUT2D eigenvalue weighted by atomic mass is 16.6. The van der Waals surface area contributed by atoms with Crippen LogP contribution in [0.15, 0.2) is 41.0 Å². The average Bonchev–Trinajstić information content (AvgIpc) is 3.07. The van der Waals surface area contributed by atoms with E-state index in [1.165, 1.54) is 13.2 Å². The van der Waals surface area contributed by atoms with Crippen LogP contribution in [0, 0.1) is 13.8 Å². The number of carbonyl (C=O) groups excluding carboxylic acids is 2. The zero-order valence-electron chi connectivity index (χ0n) is 14.0. The molecule has 0 bridgehead atoms. The first-order valence-electron chi connectivity index (χ1n) is 7.65. The van der Waals surface area contributed by atoms with Crippen molar-refractivity contribution in [3.05, 3.63) is 53.5 Å². The lowest BCUT2D eigenvalue weighted by Crippen LogP contribution is -2.36. The number of hydrogen-bond donors (Lipinski definition) is 1. The van der Waals surface area contributed by atoms with Gasteiger partial charge >= 0.3 is 5.97 Å². The Morgan fingerprint density at radius 1 is 1.21 bits per heavy atom. The molecule has 0 aliphatic carbocycles. The molecular formula is C18H21NO5. The van der Waals surface area contributed by atoms with Crippen molar-refractivity contribution in [2.75, 3.05) is 6.61 Å². The Morgan fingerprint density at radius 2 is 2.00 bits per heavy atom. The summed E-state index contributed by atoms with van der Waals surface area (Å²) in [6.45, 7) is 5.46. The van der Waals surface area contributed by atoms with E-state index in [9.17, 15) is 9.59 Å². The molecule has 1 amide bonds. The van der Waals surface area contributed by atoms with Gasteiger partial charge < -0.3 is 19.2 Å². The minimum Gasteiger partial charge on any atom is -0.482 e. The van der Waals surface area contributed by atoms with E-state index in [4.69, 9.17) is 13.9 Å². The molecule has 2 rings (SSSR count). The van der Waals surface area contributed by atoms with Gasteiger partial charge in [-0.15, -0.1) is 0 Å². The fraction of sp³-hybridized carbons (Fsp3) is 0.333. The van der Waals surface area contributed by atoms with E-state index in [2.05, 4.69) is 5.32 Å². The van der Waals surface area contributed by atoms with Crippen molar-refractivity contribution in [3.63, 3.8) is 0 Å². The van der Waals surface area contributed by atoms with Crippen LogP contribution in [-0.4, -0.2) is 24.6 Å². The van der Waals surface area contributed by atoms with Crippen molar-refractivity contribution in [1.29, 1.82) is 0 Å². The summed E-state index contributed by atoms with van der Waals surface area (Å²) in [4.78, 5) is 23.6. The third-order valence-corrected chi connectivity index (χ3v) is 3.53. The van der Waals surface area contributed by atoms with Gasteiger partial charge in [-0.1, -0.05) is 6.07 Å². The lowest BCUT2D eigenvalue weighted by molar-refractivity contribution is -0.156. The third-order valence-electron chi connectivity index (χ3n) is 3.53. The molecule has 128 valence electrons. The first kappa shape index (κ1) is 17.6. The number of carbonyl (C=O) groups is 2. The number of benzene rings is 1. The van der Waals surface area contributed by atoms with Gasteiger partial charge in [-0.2, -0.15) is 0 Å².